The second-order valence-corrected chi connectivity index (χ2v) is 9.26. The van der Waals surface area contributed by atoms with Crippen LogP contribution >= 0.6 is 24.0 Å². The van der Waals surface area contributed by atoms with Gasteiger partial charge >= 0.3 is 6.09 Å². The highest BCUT2D eigenvalue weighted by atomic mass is 32.2. The van der Waals surface area contributed by atoms with Gasteiger partial charge in [0.25, 0.3) is 5.91 Å². The zero-order chi connectivity index (χ0) is 24.1. The van der Waals surface area contributed by atoms with Gasteiger partial charge in [0, 0.05) is 12.3 Å². The van der Waals surface area contributed by atoms with Gasteiger partial charge in [-0.3, -0.25) is 15.0 Å². The first-order chi connectivity index (χ1) is 16.5. The second kappa shape index (κ2) is 10.9. The molecule has 1 N–H and O–H groups in total. The van der Waals surface area contributed by atoms with Crippen LogP contribution in [0.5, 0.6) is 17.2 Å². The van der Waals surface area contributed by atoms with Crippen molar-refractivity contribution in [2.45, 2.75) is 18.9 Å². The predicted molar refractivity (Wildman–Crippen MR) is 134 cm³/mol. The maximum absolute atomic E-state index is 12.9. The van der Waals surface area contributed by atoms with Crippen molar-refractivity contribution >= 4 is 52.1 Å². The molecule has 34 heavy (non-hydrogen) atoms. The number of rotatable bonds is 7. The van der Waals surface area contributed by atoms with E-state index in [4.69, 9.17) is 31.2 Å². The van der Waals surface area contributed by atoms with Crippen molar-refractivity contribution in [1.29, 1.82) is 0 Å². The maximum atomic E-state index is 12.9. The average molecular weight is 501 g/mol. The molecule has 0 unspecified atom stereocenters. The highest BCUT2D eigenvalue weighted by Crippen LogP contribution is 2.35. The third-order valence-electron chi connectivity index (χ3n) is 5.31. The van der Waals surface area contributed by atoms with Crippen LogP contribution in [0.2, 0.25) is 0 Å². The lowest BCUT2D eigenvalue weighted by atomic mass is 10.1. The second-order valence-electron chi connectivity index (χ2n) is 7.58. The van der Waals surface area contributed by atoms with Crippen molar-refractivity contribution in [3.63, 3.8) is 0 Å². The molecule has 10 heteroatoms. The summed E-state index contributed by atoms with van der Waals surface area (Å²) < 4.78 is 22.1. The molecule has 178 valence electrons. The lowest BCUT2D eigenvalue weighted by molar-refractivity contribution is -0.123. The SMILES string of the molecule is COc1ccc(NC(=O)Oc2ccc(/C=C3/SC(=S)N(C[C@@H]4CCCO4)C3=O)cc2OC)cc1. The van der Waals surface area contributed by atoms with E-state index in [0.29, 0.717) is 33.0 Å². The van der Waals surface area contributed by atoms with E-state index in [1.165, 1.54) is 18.9 Å². The number of thiocarbonyl (C=S) groups is 1. The lowest BCUT2D eigenvalue weighted by Gasteiger charge is -2.18. The molecule has 1 atom stereocenters. The first-order valence-electron chi connectivity index (χ1n) is 10.6. The highest BCUT2D eigenvalue weighted by Gasteiger charge is 2.34. The van der Waals surface area contributed by atoms with Crippen molar-refractivity contribution in [1.82, 2.24) is 4.90 Å². The van der Waals surface area contributed by atoms with Crippen LogP contribution in [0.1, 0.15) is 18.4 Å². The molecule has 8 nitrogen and oxygen atoms in total. The van der Waals surface area contributed by atoms with E-state index in [1.54, 1.807) is 60.6 Å². The van der Waals surface area contributed by atoms with Crippen molar-refractivity contribution in [2.24, 2.45) is 0 Å². The summed E-state index contributed by atoms with van der Waals surface area (Å²) in [6, 6.07) is 11.9. The van der Waals surface area contributed by atoms with Crippen LogP contribution in [0.15, 0.2) is 47.4 Å². The van der Waals surface area contributed by atoms with Crippen LogP contribution < -0.4 is 19.5 Å². The van der Waals surface area contributed by atoms with Gasteiger partial charge in [-0.15, -0.1) is 0 Å². The van der Waals surface area contributed by atoms with Crippen LogP contribution in [0.25, 0.3) is 6.08 Å². The molecule has 0 bridgehead atoms. The van der Waals surface area contributed by atoms with Gasteiger partial charge in [0.2, 0.25) is 0 Å². The van der Waals surface area contributed by atoms with Crippen molar-refractivity contribution in [3.05, 3.63) is 52.9 Å². The van der Waals surface area contributed by atoms with Crippen LogP contribution in [-0.4, -0.2) is 54.7 Å². The Labute approximate surface area is 207 Å². The minimum atomic E-state index is -0.661. The van der Waals surface area contributed by atoms with Crippen LogP contribution in [-0.2, 0) is 9.53 Å². The molecule has 0 spiro atoms. The predicted octanol–water partition coefficient (Wildman–Crippen LogP) is 4.69. The summed E-state index contributed by atoms with van der Waals surface area (Å²) in [5.74, 6) is 1.15. The Balaban J connectivity index is 1.43. The quantitative estimate of drug-likeness (QED) is 0.433. The summed E-state index contributed by atoms with van der Waals surface area (Å²) in [4.78, 5) is 27.3. The van der Waals surface area contributed by atoms with E-state index in [2.05, 4.69) is 5.32 Å². The Morgan fingerprint density at radius 3 is 2.68 bits per heavy atom. The summed E-state index contributed by atoms with van der Waals surface area (Å²) in [6.07, 6.45) is 3.05. The highest BCUT2D eigenvalue weighted by molar-refractivity contribution is 8.26. The first-order valence-corrected chi connectivity index (χ1v) is 11.9. The molecule has 2 fully saturated rings. The number of ether oxygens (including phenoxy) is 4. The molecule has 2 heterocycles. The number of nitrogens with zero attached hydrogens (tertiary/aromatic N) is 1. The molecule has 0 radical (unpaired) electrons. The number of hydrogen-bond donors (Lipinski definition) is 1. The molecule has 0 saturated carbocycles. The standard InChI is InChI=1S/C24H24N2O6S2/c1-29-17-8-6-16(7-9-17)25-23(28)32-19-10-5-15(12-20(19)30-2)13-21-22(27)26(24(33)34-21)14-18-4-3-11-31-18/h5-10,12-13,18H,3-4,11,14H2,1-2H3,(H,25,28)/b21-13+/t18-/m0/s1. The first kappa shape index (κ1) is 24.1. The van der Waals surface area contributed by atoms with E-state index in [0.717, 1.165) is 25.0 Å². The van der Waals surface area contributed by atoms with Crippen LogP contribution in [0.3, 0.4) is 0 Å². The van der Waals surface area contributed by atoms with E-state index >= 15 is 0 Å². The number of carbonyl (C=O) groups excluding carboxylic acids is 2. The smallest absolute Gasteiger partial charge is 0.417 e. The van der Waals surface area contributed by atoms with Gasteiger partial charge in [-0.25, -0.2) is 4.79 Å². The molecule has 2 aliphatic rings. The third-order valence-corrected chi connectivity index (χ3v) is 6.69. The van der Waals surface area contributed by atoms with Gasteiger partial charge in [-0.05, 0) is 60.9 Å². The molecule has 2 aliphatic heterocycles. The third kappa shape index (κ3) is 5.69. The summed E-state index contributed by atoms with van der Waals surface area (Å²) in [5, 5.41) is 2.65. The Kier molecular flexibility index (Phi) is 7.71. The van der Waals surface area contributed by atoms with E-state index in [1.807, 2.05) is 0 Å². The molecule has 0 aromatic heterocycles. The van der Waals surface area contributed by atoms with E-state index in [9.17, 15) is 9.59 Å². The van der Waals surface area contributed by atoms with Crippen molar-refractivity contribution in [3.8, 4) is 17.2 Å². The molecule has 2 aromatic rings. The molecule has 0 aliphatic carbocycles. The monoisotopic (exact) mass is 500 g/mol. The molecular weight excluding hydrogens is 476 g/mol. The molecule has 4 rings (SSSR count). The number of methoxy groups -OCH3 is 2. The zero-order valence-electron chi connectivity index (χ0n) is 18.7. The molecular formula is C24H24N2O6S2. The molecule has 2 amide bonds. The number of thioether (sulfide) groups is 1. The van der Waals surface area contributed by atoms with E-state index < -0.39 is 6.09 Å². The van der Waals surface area contributed by atoms with Gasteiger partial charge in [-0.1, -0.05) is 30.0 Å². The minimum absolute atomic E-state index is 0.0300. The van der Waals surface area contributed by atoms with Gasteiger partial charge in [0.15, 0.2) is 11.5 Å². The van der Waals surface area contributed by atoms with Gasteiger partial charge < -0.3 is 18.9 Å². The molecule has 2 aromatic carbocycles. The van der Waals surface area contributed by atoms with Gasteiger partial charge in [0.05, 0.1) is 31.8 Å². The average Bonchev–Trinajstić information content (AvgIpc) is 3.44. The molecule has 2 saturated heterocycles. The number of hydrogen-bond acceptors (Lipinski definition) is 8. The van der Waals surface area contributed by atoms with E-state index in [-0.39, 0.29) is 17.8 Å². The van der Waals surface area contributed by atoms with Crippen molar-refractivity contribution in [2.75, 3.05) is 32.7 Å². The van der Waals surface area contributed by atoms with Crippen LogP contribution in [0.4, 0.5) is 10.5 Å². The van der Waals surface area contributed by atoms with Crippen LogP contribution in [0, 0.1) is 0 Å². The minimum Gasteiger partial charge on any atom is -0.497 e. The normalized spacial score (nSPS) is 18.9. The number of carbonyl (C=O) groups is 2. The summed E-state index contributed by atoms with van der Waals surface area (Å²) >= 11 is 6.67. The topological polar surface area (TPSA) is 86.3 Å². The summed E-state index contributed by atoms with van der Waals surface area (Å²) in [5.41, 5.74) is 1.28. The van der Waals surface area contributed by atoms with Crippen molar-refractivity contribution < 1.29 is 28.5 Å². The fourth-order valence-electron chi connectivity index (χ4n) is 3.58. The fraction of sp³-hybridized carbons (Fsp3) is 0.292. The number of amides is 2. The summed E-state index contributed by atoms with van der Waals surface area (Å²) in [7, 11) is 3.05. The Bertz CT molecular complexity index is 1110. The fourth-order valence-corrected chi connectivity index (χ4v) is 4.85. The maximum Gasteiger partial charge on any atom is 0.417 e. The Morgan fingerprint density at radius 1 is 1.21 bits per heavy atom. The number of nitrogens with one attached hydrogen (secondary N) is 1. The Morgan fingerprint density at radius 2 is 2.00 bits per heavy atom. The zero-order valence-corrected chi connectivity index (χ0v) is 20.4. The number of anilines is 1. The lowest BCUT2D eigenvalue weighted by Crippen LogP contribution is -2.35. The number of benzene rings is 2. The van der Waals surface area contributed by atoms with Gasteiger partial charge in [-0.2, -0.15) is 0 Å². The largest absolute Gasteiger partial charge is 0.497 e. The van der Waals surface area contributed by atoms with Gasteiger partial charge in [0.1, 0.15) is 10.1 Å². The Hall–Kier alpha value is -3.08. The summed E-state index contributed by atoms with van der Waals surface area (Å²) in [6.45, 7) is 1.20.